The zero-order valence-electron chi connectivity index (χ0n) is 7.49. The van der Waals surface area contributed by atoms with Crippen LogP contribution in [0.15, 0.2) is 0 Å². The van der Waals surface area contributed by atoms with Crippen LogP contribution >= 0.6 is 0 Å². The normalized spacial score (nSPS) is 21.4. The molecule has 0 aromatic carbocycles. The molecule has 1 radical (unpaired) electrons. The van der Waals surface area contributed by atoms with E-state index in [2.05, 4.69) is 6.42 Å². The van der Waals surface area contributed by atoms with Crippen LogP contribution in [0.3, 0.4) is 0 Å². The standard InChI is InChI=1S/C8H15O2S.Y/c1-10-11(9)7-8-5-3-2-4-6-8;/h2,8H,3-7H2,1H3;/q-1;. The number of hydrogen-bond donors (Lipinski definition) is 0. The van der Waals surface area contributed by atoms with Crippen molar-refractivity contribution in [3.05, 3.63) is 6.42 Å². The van der Waals surface area contributed by atoms with Gasteiger partial charge in [-0.2, -0.15) is 12.8 Å². The van der Waals surface area contributed by atoms with Gasteiger partial charge in [0.15, 0.2) is 11.1 Å². The van der Waals surface area contributed by atoms with Crippen molar-refractivity contribution in [1.29, 1.82) is 0 Å². The van der Waals surface area contributed by atoms with Crippen molar-refractivity contribution < 1.29 is 41.1 Å². The van der Waals surface area contributed by atoms with Gasteiger partial charge in [0.25, 0.3) is 0 Å². The van der Waals surface area contributed by atoms with Gasteiger partial charge in [0.1, 0.15) is 0 Å². The van der Waals surface area contributed by atoms with E-state index < -0.39 is 11.1 Å². The molecular formula is C8H15O2SY-. The Morgan fingerprint density at radius 2 is 2.08 bits per heavy atom. The summed E-state index contributed by atoms with van der Waals surface area (Å²) in [5.74, 6) is 1.35. The van der Waals surface area contributed by atoms with Gasteiger partial charge in [-0.25, -0.2) is 4.21 Å². The van der Waals surface area contributed by atoms with Gasteiger partial charge in [-0.3, -0.25) is 4.18 Å². The summed E-state index contributed by atoms with van der Waals surface area (Å²) in [6.45, 7) is 0. The van der Waals surface area contributed by atoms with Crippen molar-refractivity contribution in [1.82, 2.24) is 0 Å². The Kier molecular flexibility index (Phi) is 8.37. The second kappa shape index (κ2) is 7.60. The van der Waals surface area contributed by atoms with Gasteiger partial charge in [0.2, 0.25) is 0 Å². The molecule has 1 unspecified atom stereocenters. The summed E-state index contributed by atoms with van der Waals surface area (Å²) in [5, 5.41) is 0. The second-order valence-electron chi connectivity index (χ2n) is 2.95. The minimum atomic E-state index is -1.04. The fourth-order valence-corrected chi connectivity index (χ4v) is 2.28. The molecule has 1 aliphatic carbocycles. The SMILES string of the molecule is COS(=O)CC1CC[CH-]CC1.[Y]. The number of hydrogen-bond acceptors (Lipinski definition) is 2. The smallest absolute Gasteiger partial charge is 0.155 e. The Hall–Kier alpha value is 1.21. The van der Waals surface area contributed by atoms with E-state index in [1.165, 1.54) is 32.8 Å². The van der Waals surface area contributed by atoms with Crippen LogP contribution in [0.2, 0.25) is 0 Å². The predicted octanol–water partition coefficient (Wildman–Crippen LogP) is 1.69. The average molecular weight is 264 g/mol. The summed E-state index contributed by atoms with van der Waals surface area (Å²) in [6, 6.07) is 0. The van der Waals surface area contributed by atoms with Crippen molar-refractivity contribution >= 4 is 11.1 Å². The van der Waals surface area contributed by atoms with Crippen LogP contribution < -0.4 is 0 Å². The molecule has 4 heteroatoms. The summed E-state index contributed by atoms with van der Waals surface area (Å²) in [7, 11) is 1.51. The van der Waals surface area contributed by atoms with E-state index in [9.17, 15) is 4.21 Å². The molecule has 1 atom stereocenters. The average Bonchev–Trinajstić information content (AvgIpc) is 2.06. The molecule has 12 heavy (non-hydrogen) atoms. The van der Waals surface area contributed by atoms with Gasteiger partial charge in [0, 0.05) is 32.7 Å². The van der Waals surface area contributed by atoms with Gasteiger partial charge < -0.3 is 6.42 Å². The molecule has 0 N–H and O–H groups in total. The van der Waals surface area contributed by atoms with Gasteiger partial charge in [0.05, 0.1) is 12.9 Å². The maximum absolute atomic E-state index is 11.0. The summed E-state index contributed by atoms with van der Waals surface area (Å²) in [5.41, 5.74) is 0. The van der Waals surface area contributed by atoms with E-state index >= 15 is 0 Å². The predicted molar refractivity (Wildman–Crippen MR) is 46.3 cm³/mol. The van der Waals surface area contributed by atoms with Crippen LogP contribution in [0.1, 0.15) is 25.7 Å². The van der Waals surface area contributed by atoms with E-state index in [1.54, 1.807) is 0 Å². The quantitative estimate of drug-likeness (QED) is 0.725. The van der Waals surface area contributed by atoms with Crippen molar-refractivity contribution in [3.8, 4) is 0 Å². The Morgan fingerprint density at radius 3 is 2.58 bits per heavy atom. The van der Waals surface area contributed by atoms with Crippen LogP contribution in [0.25, 0.3) is 0 Å². The molecule has 0 spiro atoms. The molecule has 0 amide bonds. The Labute approximate surface area is 102 Å². The van der Waals surface area contributed by atoms with Gasteiger partial charge in [-0.1, -0.05) is 12.8 Å². The second-order valence-corrected chi connectivity index (χ2v) is 4.22. The van der Waals surface area contributed by atoms with E-state index in [4.69, 9.17) is 4.18 Å². The fourth-order valence-electron chi connectivity index (χ4n) is 1.42. The van der Waals surface area contributed by atoms with Crippen LogP contribution in [-0.2, 0) is 48.0 Å². The third-order valence-corrected chi connectivity index (χ3v) is 3.23. The summed E-state index contributed by atoms with van der Waals surface area (Å²) >= 11 is -1.04. The van der Waals surface area contributed by atoms with E-state index in [0.29, 0.717) is 5.92 Å². The first kappa shape index (κ1) is 13.2. The molecule has 0 saturated heterocycles. The third-order valence-electron chi connectivity index (χ3n) is 2.12. The molecule has 0 bridgehead atoms. The molecule has 1 aliphatic rings. The molecule has 1 fully saturated rings. The zero-order valence-corrected chi connectivity index (χ0v) is 11.1. The minimum absolute atomic E-state index is 0. The van der Waals surface area contributed by atoms with Crippen LogP contribution in [0.5, 0.6) is 0 Å². The van der Waals surface area contributed by atoms with E-state index in [1.807, 2.05) is 0 Å². The molecule has 0 heterocycles. The molecule has 0 aromatic heterocycles. The van der Waals surface area contributed by atoms with Gasteiger partial charge in [-0.15, -0.1) is 0 Å². The number of rotatable bonds is 3. The Bertz CT molecular complexity index is 135. The molecule has 1 rings (SSSR count). The van der Waals surface area contributed by atoms with E-state index in [-0.39, 0.29) is 32.7 Å². The summed E-state index contributed by atoms with van der Waals surface area (Å²) < 4.78 is 15.7. The minimum Gasteiger partial charge on any atom is -0.328 e. The first-order chi connectivity index (χ1) is 5.33. The fraction of sp³-hybridized carbons (Fsp3) is 0.875. The molecule has 0 aliphatic heterocycles. The molecule has 69 valence electrons. The Morgan fingerprint density at radius 1 is 1.50 bits per heavy atom. The monoisotopic (exact) mass is 264 g/mol. The van der Waals surface area contributed by atoms with Crippen molar-refractivity contribution in [2.75, 3.05) is 12.9 Å². The first-order valence-corrected chi connectivity index (χ1v) is 5.32. The molecule has 1 saturated carbocycles. The summed E-state index contributed by atoms with van der Waals surface area (Å²) in [6.07, 6.45) is 7.06. The zero-order chi connectivity index (χ0) is 8.10. The summed E-state index contributed by atoms with van der Waals surface area (Å²) in [4.78, 5) is 0. The van der Waals surface area contributed by atoms with Crippen molar-refractivity contribution in [3.63, 3.8) is 0 Å². The third kappa shape index (κ3) is 5.05. The van der Waals surface area contributed by atoms with Gasteiger partial charge in [-0.05, 0) is 5.92 Å². The van der Waals surface area contributed by atoms with E-state index in [0.717, 1.165) is 5.75 Å². The molecular weight excluding hydrogens is 249 g/mol. The largest absolute Gasteiger partial charge is 0.328 e. The maximum atomic E-state index is 11.0. The van der Waals surface area contributed by atoms with Crippen LogP contribution in [0, 0.1) is 12.3 Å². The van der Waals surface area contributed by atoms with Crippen LogP contribution in [0.4, 0.5) is 0 Å². The molecule has 0 aromatic rings. The topological polar surface area (TPSA) is 26.3 Å². The van der Waals surface area contributed by atoms with Crippen LogP contribution in [-0.4, -0.2) is 17.1 Å². The van der Waals surface area contributed by atoms with Gasteiger partial charge >= 0.3 is 0 Å². The maximum Gasteiger partial charge on any atom is 0.155 e. The van der Waals surface area contributed by atoms with Crippen molar-refractivity contribution in [2.24, 2.45) is 5.92 Å². The van der Waals surface area contributed by atoms with Crippen molar-refractivity contribution in [2.45, 2.75) is 25.7 Å². The first-order valence-electron chi connectivity index (χ1n) is 4.07. The Balaban J connectivity index is 0.00000121. The molecule has 2 nitrogen and oxygen atoms in total.